The molecule has 1 N–H and O–H groups in total. The van der Waals surface area contributed by atoms with Crippen LogP contribution in [-0.4, -0.2) is 41.3 Å². The molecule has 0 spiro atoms. The van der Waals surface area contributed by atoms with Crippen molar-refractivity contribution >= 4 is 39.6 Å². The highest BCUT2D eigenvalue weighted by Gasteiger charge is 2.17. The van der Waals surface area contributed by atoms with Crippen molar-refractivity contribution in [2.45, 2.75) is 0 Å². The van der Waals surface area contributed by atoms with Gasteiger partial charge >= 0.3 is 6.09 Å². The molecule has 0 atom stereocenters. The molecule has 8 heteroatoms. The molecule has 6 nitrogen and oxygen atoms in total. The average Bonchev–Trinajstić information content (AvgIpc) is 2.67. The quantitative estimate of drug-likeness (QED) is 0.651. The summed E-state index contributed by atoms with van der Waals surface area (Å²) in [5.41, 5.74) is 0.283. The highest BCUT2D eigenvalue weighted by atomic mass is 127. The number of rotatable bonds is 4. The maximum atomic E-state index is 13.8. The first-order valence-electron chi connectivity index (χ1n) is 5.27. The molecule has 0 radical (unpaired) electrons. The third-order valence-electron chi connectivity index (χ3n) is 2.41. The number of benzene rings is 1. The van der Waals surface area contributed by atoms with E-state index in [4.69, 9.17) is 14.6 Å². The monoisotopic (exact) mass is 380 g/mol. The highest BCUT2D eigenvalue weighted by molar-refractivity contribution is 14.1. The van der Waals surface area contributed by atoms with E-state index in [1.807, 2.05) is 22.6 Å². The summed E-state index contributed by atoms with van der Waals surface area (Å²) in [6, 6.07) is 2.54. The molecule has 0 bridgehead atoms. The Bertz CT molecular complexity index is 629. The number of methoxy groups -OCH3 is 1. The van der Waals surface area contributed by atoms with Gasteiger partial charge in [0.05, 0.1) is 12.1 Å². The summed E-state index contributed by atoms with van der Waals surface area (Å²) in [5.74, 6) is -0.588. The Balaban J connectivity index is 2.47. The minimum absolute atomic E-state index is 0.0247. The van der Waals surface area contributed by atoms with Gasteiger partial charge in [-0.2, -0.15) is 9.78 Å². The summed E-state index contributed by atoms with van der Waals surface area (Å²) >= 11 is 1.85. The second kappa shape index (κ2) is 5.70. The number of fused-ring (bicyclic) bond motifs is 1. The number of nitrogens with zero attached hydrogens (tertiary/aromatic N) is 2. The van der Waals surface area contributed by atoms with E-state index in [0.717, 1.165) is 4.68 Å². The van der Waals surface area contributed by atoms with Gasteiger partial charge in [-0.1, -0.05) is 0 Å². The maximum absolute atomic E-state index is 13.8. The van der Waals surface area contributed by atoms with E-state index in [-0.39, 0.29) is 17.9 Å². The molecule has 0 aliphatic heterocycles. The SMILES string of the molecule is COCCOc1cc2c(cc1F)c(I)nn2C(=O)O. The summed E-state index contributed by atoms with van der Waals surface area (Å²) in [6.45, 7) is 0.491. The molecule has 2 rings (SSSR count). The Kier molecular flexibility index (Phi) is 4.20. The zero-order valence-corrected chi connectivity index (χ0v) is 12.0. The topological polar surface area (TPSA) is 73.6 Å². The van der Waals surface area contributed by atoms with Crippen molar-refractivity contribution in [2.75, 3.05) is 20.3 Å². The van der Waals surface area contributed by atoms with Gasteiger partial charge in [0, 0.05) is 18.6 Å². The number of carboxylic acid groups (broad SMARTS) is 1. The zero-order valence-electron chi connectivity index (χ0n) is 9.89. The van der Waals surface area contributed by atoms with Crippen LogP contribution in [0.2, 0.25) is 0 Å². The highest BCUT2D eigenvalue weighted by Crippen LogP contribution is 2.28. The fourth-order valence-corrected chi connectivity index (χ4v) is 2.22. The van der Waals surface area contributed by atoms with Crippen molar-refractivity contribution in [2.24, 2.45) is 0 Å². The lowest BCUT2D eigenvalue weighted by atomic mass is 10.2. The molecule has 1 aromatic heterocycles. The standard InChI is InChI=1S/C11H10FIN2O4/c1-18-2-3-19-9-5-8-6(4-7(9)12)10(13)14-15(8)11(16)17/h4-5H,2-3H2,1H3,(H,16,17). The van der Waals surface area contributed by atoms with Gasteiger partial charge in [0.1, 0.15) is 10.3 Å². The van der Waals surface area contributed by atoms with Gasteiger partial charge in [0.25, 0.3) is 0 Å². The molecule has 0 saturated carbocycles. The lowest BCUT2D eigenvalue weighted by molar-refractivity contribution is 0.144. The molecule has 19 heavy (non-hydrogen) atoms. The normalized spacial score (nSPS) is 10.9. The third-order valence-corrected chi connectivity index (χ3v) is 3.21. The van der Waals surface area contributed by atoms with E-state index in [0.29, 0.717) is 15.7 Å². The van der Waals surface area contributed by atoms with Crippen LogP contribution in [0.3, 0.4) is 0 Å². The molecule has 0 unspecified atom stereocenters. The van der Waals surface area contributed by atoms with E-state index in [1.54, 1.807) is 0 Å². The van der Waals surface area contributed by atoms with Crippen LogP contribution in [0.5, 0.6) is 5.75 Å². The van der Waals surface area contributed by atoms with Crippen molar-refractivity contribution in [1.29, 1.82) is 0 Å². The van der Waals surface area contributed by atoms with Crippen LogP contribution < -0.4 is 4.74 Å². The van der Waals surface area contributed by atoms with Gasteiger partial charge in [-0.25, -0.2) is 9.18 Å². The Morgan fingerprint density at radius 1 is 1.53 bits per heavy atom. The van der Waals surface area contributed by atoms with Gasteiger partial charge in [0.15, 0.2) is 11.6 Å². The van der Waals surface area contributed by atoms with E-state index >= 15 is 0 Å². The molecular weight excluding hydrogens is 370 g/mol. The van der Waals surface area contributed by atoms with Gasteiger partial charge in [0.2, 0.25) is 0 Å². The number of hydrogen-bond donors (Lipinski definition) is 1. The van der Waals surface area contributed by atoms with Crippen LogP contribution in [0.1, 0.15) is 0 Å². The summed E-state index contributed by atoms with van der Waals surface area (Å²) < 4.78 is 25.0. The molecule has 102 valence electrons. The summed E-state index contributed by atoms with van der Waals surface area (Å²) in [6.07, 6.45) is -1.23. The van der Waals surface area contributed by atoms with Gasteiger partial charge < -0.3 is 14.6 Å². The van der Waals surface area contributed by atoms with Crippen molar-refractivity contribution in [3.05, 3.63) is 21.7 Å². The molecule has 0 fully saturated rings. The first-order valence-corrected chi connectivity index (χ1v) is 6.35. The summed E-state index contributed by atoms with van der Waals surface area (Å²) in [7, 11) is 1.50. The van der Waals surface area contributed by atoms with Gasteiger partial charge in [-0.15, -0.1) is 0 Å². The van der Waals surface area contributed by atoms with Crippen LogP contribution >= 0.6 is 22.6 Å². The van der Waals surface area contributed by atoms with Gasteiger partial charge in [-0.05, 0) is 28.7 Å². The lowest BCUT2D eigenvalue weighted by Crippen LogP contribution is -2.10. The molecule has 1 heterocycles. The van der Waals surface area contributed by atoms with Gasteiger partial charge in [-0.3, -0.25) is 0 Å². The average molecular weight is 380 g/mol. The Morgan fingerprint density at radius 3 is 2.89 bits per heavy atom. The number of hydrogen-bond acceptors (Lipinski definition) is 4. The Morgan fingerprint density at radius 2 is 2.26 bits per heavy atom. The molecule has 0 aliphatic carbocycles. The van der Waals surface area contributed by atoms with Crippen molar-refractivity contribution in [3.63, 3.8) is 0 Å². The minimum Gasteiger partial charge on any atom is -0.488 e. The van der Waals surface area contributed by atoms with E-state index < -0.39 is 11.9 Å². The van der Waals surface area contributed by atoms with Crippen molar-refractivity contribution < 1.29 is 23.8 Å². The fraction of sp³-hybridized carbons (Fsp3) is 0.273. The van der Waals surface area contributed by atoms with Crippen LogP contribution in [0.15, 0.2) is 12.1 Å². The third kappa shape index (κ3) is 2.78. The zero-order chi connectivity index (χ0) is 14.0. The Hall–Kier alpha value is -1.42. The fourth-order valence-electron chi connectivity index (χ4n) is 1.57. The van der Waals surface area contributed by atoms with E-state index in [2.05, 4.69) is 5.10 Å². The van der Waals surface area contributed by atoms with Crippen LogP contribution in [0.4, 0.5) is 9.18 Å². The second-order valence-electron chi connectivity index (χ2n) is 3.63. The van der Waals surface area contributed by atoms with Crippen LogP contribution in [0, 0.1) is 9.52 Å². The maximum Gasteiger partial charge on any atom is 0.432 e. The van der Waals surface area contributed by atoms with Crippen molar-refractivity contribution in [3.8, 4) is 5.75 Å². The van der Waals surface area contributed by atoms with Crippen LogP contribution in [0.25, 0.3) is 10.9 Å². The Labute approximate surface area is 121 Å². The smallest absolute Gasteiger partial charge is 0.432 e. The predicted molar refractivity (Wildman–Crippen MR) is 73.2 cm³/mol. The lowest BCUT2D eigenvalue weighted by Gasteiger charge is -2.07. The minimum atomic E-state index is -1.23. The number of carbonyl (C=O) groups is 1. The number of halogens is 2. The largest absolute Gasteiger partial charge is 0.488 e. The molecule has 0 amide bonds. The molecule has 2 aromatic rings. The molecule has 0 saturated heterocycles. The first-order chi connectivity index (χ1) is 9.04. The predicted octanol–water partition coefficient (Wildman–Crippen LogP) is 2.33. The second-order valence-corrected chi connectivity index (χ2v) is 4.65. The number of aromatic nitrogens is 2. The van der Waals surface area contributed by atoms with Crippen molar-refractivity contribution in [1.82, 2.24) is 9.78 Å². The number of ether oxygens (including phenoxy) is 2. The first kappa shape index (κ1) is 14.0. The molecule has 0 aliphatic rings. The summed E-state index contributed by atoms with van der Waals surface area (Å²) in [5, 5.41) is 13.3. The summed E-state index contributed by atoms with van der Waals surface area (Å²) in [4.78, 5) is 11.0. The van der Waals surface area contributed by atoms with Crippen LogP contribution in [-0.2, 0) is 4.74 Å². The van der Waals surface area contributed by atoms with E-state index in [1.165, 1.54) is 19.2 Å². The molecule has 1 aromatic carbocycles. The van der Waals surface area contributed by atoms with E-state index in [9.17, 15) is 9.18 Å². The molecular formula is C11H10FIN2O4.